The number of aliphatic hydroxyl groups excluding tert-OH is 1. The summed E-state index contributed by atoms with van der Waals surface area (Å²) in [6, 6.07) is 0. The van der Waals surface area contributed by atoms with Crippen molar-refractivity contribution < 1.29 is 15.0 Å². The standard InChI is InChI=1S/C11H15N5O4S/c12-10-14-8-7(9(20)15-10)13-11(16(8)3-4-17)21-5-1-2-6(18)19/h17H,1-5H2,(H,18,19)(H3,12,14,15,20). The van der Waals surface area contributed by atoms with E-state index < -0.39 is 11.5 Å². The van der Waals surface area contributed by atoms with Crippen molar-refractivity contribution in [2.45, 2.75) is 24.5 Å². The van der Waals surface area contributed by atoms with Crippen molar-refractivity contribution in [2.24, 2.45) is 0 Å². The predicted molar refractivity (Wildman–Crippen MR) is 77.2 cm³/mol. The van der Waals surface area contributed by atoms with Gasteiger partial charge in [0.1, 0.15) is 0 Å². The summed E-state index contributed by atoms with van der Waals surface area (Å²) in [4.78, 5) is 32.9. The third-order valence-electron chi connectivity index (χ3n) is 2.68. The Hall–Kier alpha value is -2.07. The highest BCUT2D eigenvalue weighted by molar-refractivity contribution is 7.99. The van der Waals surface area contributed by atoms with Gasteiger partial charge in [-0.3, -0.25) is 14.6 Å². The first-order valence-electron chi connectivity index (χ1n) is 6.24. The summed E-state index contributed by atoms with van der Waals surface area (Å²) in [7, 11) is 0. The topological polar surface area (TPSA) is 147 Å². The van der Waals surface area contributed by atoms with Gasteiger partial charge in [0, 0.05) is 18.7 Å². The van der Waals surface area contributed by atoms with Crippen LogP contribution in [0.1, 0.15) is 12.8 Å². The Balaban J connectivity index is 2.29. The molecule has 0 radical (unpaired) electrons. The Kier molecular flexibility index (Phi) is 4.81. The van der Waals surface area contributed by atoms with E-state index in [0.29, 0.717) is 23.0 Å². The number of hydrogen-bond acceptors (Lipinski definition) is 7. The van der Waals surface area contributed by atoms with Crippen LogP contribution in [-0.4, -0.2) is 48.1 Å². The predicted octanol–water partition coefficient (Wildman–Crippen LogP) is -0.349. The Labute approximate surface area is 123 Å². The number of aliphatic hydroxyl groups is 1. The molecule has 0 fully saturated rings. The second kappa shape index (κ2) is 6.59. The number of aromatic amines is 1. The lowest BCUT2D eigenvalue weighted by Crippen LogP contribution is -2.12. The zero-order valence-electron chi connectivity index (χ0n) is 11.1. The summed E-state index contributed by atoms with van der Waals surface area (Å²) in [5, 5.41) is 18.2. The molecule has 2 aromatic rings. The Bertz CT molecular complexity index is 710. The highest BCUT2D eigenvalue weighted by atomic mass is 32.2. The zero-order chi connectivity index (χ0) is 15.4. The Morgan fingerprint density at radius 1 is 1.43 bits per heavy atom. The minimum Gasteiger partial charge on any atom is -0.481 e. The molecule has 114 valence electrons. The molecule has 0 saturated carbocycles. The van der Waals surface area contributed by atoms with Gasteiger partial charge in [-0.2, -0.15) is 4.98 Å². The maximum atomic E-state index is 11.8. The van der Waals surface area contributed by atoms with Crippen LogP contribution in [0.5, 0.6) is 0 Å². The number of carboxylic acids is 1. The van der Waals surface area contributed by atoms with Crippen LogP contribution in [0.3, 0.4) is 0 Å². The quantitative estimate of drug-likeness (QED) is 0.400. The minimum absolute atomic E-state index is 0.0194. The van der Waals surface area contributed by atoms with Crippen LogP contribution in [0.2, 0.25) is 0 Å². The van der Waals surface area contributed by atoms with Gasteiger partial charge in [0.2, 0.25) is 5.95 Å². The third-order valence-corrected chi connectivity index (χ3v) is 3.74. The highest BCUT2D eigenvalue weighted by Crippen LogP contribution is 2.22. The first-order chi connectivity index (χ1) is 10.0. The maximum absolute atomic E-state index is 11.8. The van der Waals surface area contributed by atoms with Crippen LogP contribution in [0.15, 0.2) is 9.95 Å². The van der Waals surface area contributed by atoms with E-state index in [-0.39, 0.29) is 31.0 Å². The molecule has 0 aliphatic carbocycles. The van der Waals surface area contributed by atoms with Gasteiger partial charge >= 0.3 is 5.97 Å². The number of nitrogens with zero attached hydrogens (tertiary/aromatic N) is 3. The van der Waals surface area contributed by atoms with Crippen molar-refractivity contribution in [3.8, 4) is 0 Å². The van der Waals surface area contributed by atoms with E-state index in [1.807, 2.05) is 0 Å². The van der Waals surface area contributed by atoms with Crippen LogP contribution in [-0.2, 0) is 11.3 Å². The van der Waals surface area contributed by atoms with Gasteiger partial charge in [0.15, 0.2) is 16.3 Å². The molecule has 10 heteroatoms. The molecule has 2 rings (SSSR count). The van der Waals surface area contributed by atoms with Gasteiger partial charge in [-0.1, -0.05) is 11.8 Å². The van der Waals surface area contributed by atoms with E-state index in [9.17, 15) is 9.59 Å². The van der Waals surface area contributed by atoms with Crippen LogP contribution in [0.25, 0.3) is 11.2 Å². The summed E-state index contributed by atoms with van der Waals surface area (Å²) in [6.07, 6.45) is 0.549. The van der Waals surface area contributed by atoms with E-state index in [0.717, 1.165) is 0 Å². The number of aromatic nitrogens is 4. The third kappa shape index (κ3) is 3.52. The van der Waals surface area contributed by atoms with E-state index in [1.165, 1.54) is 11.8 Å². The molecule has 0 atom stereocenters. The van der Waals surface area contributed by atoms with Gasteiger partial charge < -0.3 is 20.5 Å². The van der Waals surface area contributed by atoms with E-state index in [2.05, 4.69) is 15.0 Å². The number of carbonyl (C=O) groups is 1. The van der Waals surface area contributed by atoms with Gasteiger partial charge in [0.05, 0.1) is 6.61 Å². The van der Waals surface area contributed by atoms with Crippen LogP contribution in [0, 0.1) is 0 Å². The number of carboxylic acid groups (broad SMARTS) is 1. The maximum Gasteiger partial charge on any atom is 0.303 e. The van der Waals surface area contributed by atoms with Crippen molar-refractivity contribution in [2.75, 3.05) is 18.1 Å². The molecule has 0 aliphatic heterocycles. The Morgan fingerprint density at radius 3 is 2.86 bits per heavy atom. The zero-order valence-corrected chi connectivity index (χ0v) is 11.9. The first-order valence-corrected chi connectivity index (χ1v) is 7.23. The van der Waals surface area contributed by atoms with Crippen molar-refractivity contribution in [1.29, 1.82) is 0 Å². The average Bonchev–Trinajstić information content (AvgIpc) is 2.74. The van der Waals surface area contributed by atoms with Crippen molar-refractivity contribution in [1.82, 2.24) is 19.5 Å². The SMILES string of the molecule is Nc1nc2c(nc(SCCCC(=O)O)n2CCO)c(=O)[nH]1. The number of nitrogens with one attached hydrogen (secondary N) is 1. The van der Waals surface area contributed by atoms with Crippen molar-refractivity contribution >= 4 is 34.8 Å². The molecule has 0 spiro atoms. The monoisotopic (exact) mass is 313 g/mol. The number of fused-ring (bicyclic) bond motifs is 1. The largest absolute Gasteiger partial charge is 0.481 e. The number of hydrogen-bond donors (Lipinski definition) is 4. The van der Waals surface area contributed by atoms with E-state index >= 15 is 0 Å². The van der Waals surface area contributed by atoms with E-state index in [1.54, 1.807) is 4.57 Å². The number of thioether (sulfide) groups is 1. The fourth-order valence-electron chi connectivity index (χ4n) is 1.81. The normalized spacial score (nSPS) is 11.1. The molecule has 21 heavy (non-hydrogen) atoms. The molecule has 2 aromatic heterocycles. The first kappa shape index (κ1) is 15.3. The second-order valence-corrected chi connectivity index (χ2v) is 5.30. The minimum atomic E-state index is -0.856. The lowest BCUT2D eigenvalue weighted by Gasteiger charge is -2.05. The number of H-pyrrole nitrogens is 1. The smallest absolute Gasteiger partial charge is 0.303 e. The Morgan fingerprint density at radius 2 is 2.19 bits per heavy atom. The van der Waals surface area contributed by atoms with Crippen LogP contribution < -0.4 is 11.3 Å². The molecule has 0 unspecified atom stereocenters. The molecule has 0 saturated heterocycles. The van der Waals surface area contributed by atoms with Gasteiger partial charge in [-0.05, 0) is 6.42 Å². The van der Waals surface area contributed by atoms with Crippen molar-refractivity contribution in [3.63, 3.8) is 0 Å². The molecule has 0 aromatic carbocycles. The molecule has 2 heterocycles. The summed E-state index contributed by atoms with van der Waals surface area (Å²) < 4.78 is 1.60. The molecule has 0 bridgehead atoms. The average molecular weight is 313 g/mol. The van der Waals surface area contributed by atoms with E-state index in [4.69, 9.17) is 15.9 Å². The summed E-state index contributed by atoms with van der Waals surface area (Å²) >= 11 is 1.31. The van der Waals surface area contributed by atoms with Crippen LogP contribution >= 0.6 is 11.8 Å². The highest BCUT2D eigenvalue weighted by Gasteiger charge is 2.15. The molecule has 0 aliphatic rings. The van der Waals surface area contributed by atoms with Gasteiger partial charge in [-0.15, -0.1) is 0 Å². The fraction of sp³-hybridized carbons (Fsp3) is 0.455. The fourth-order valence-corrected chi connectivity index (χ4v) is 2.77. The number of nitrogen functional groups attached to an aromatic ring is 1. The van der Waals surface area contributed by atoms with Gasteiger partial charge in [-0.25, -0.2) is 4.98 Å². The molecule has 9 nitrogen and oxygen atoms in total. The van der Waals surface area contributed by atoms with Crippen LogP contribution in [0.4, 0.5) is 5.95 Å². The lowest BCUT2D eigenvalue weighted by atomic mass is 10.3. The number of rotatable bonds is 7. The molecular weight excluding hydrogens is 298 g/mol. The molecule has 0 amide bonds. The summed E-state index contributed by atoms with van der Waals surface area (Å²) in [5.74, 6) is -0.339. The summed E-state index contributed by atoms with van der Waals surface area (Å²) in [5.41, 5.74) is 5.53. The summed E-state index contributed by atoms with van der Waals surface area (Å²) in [6.45, 7) is 0.0934. The molecule has 5 N–H and O–H groups in total. The number of nitrogens with two attached hydrogens (primary N) is 1. The molecular formula is C11H15N5O4S. The van der Waals surface area contributed by atoms with Crippen molar-refractivity contribution in [3.05, 3.63) is 10.4 Å². The van der Waals surface area contributed by atoms with Gasteiger partial charge in [0.25, 0.3) is 5.56 Å². The number of aliphatic carboxylic acids is 1. The lowest BCUT2D eigenvalue weighted by molar-refractivity contribution is -0.137. The number of imidazole rings is 1. The second-order valence-electron chi connectivity index (χ2n) is 4.24. The number of anilines is 1.